The van der Waals surface area contributed by atoms with Crippen LogP contribution in [0.5, 0.6) is 0 Å². The fourth-order valence-corrected chi connectivity index (χ4v) is 5.87. The molecule has 1 fully saturated rings. The third-order valence-corrected chi connectivity index (χ3v) is 8.08. The van der Waals surface area contributed by atoms with Crippen LogP contribution in [0, 0.1) is 11.8 Å². The summed E-state index contributed by atoms with van der Waals surface area (Å²) in [5, 5.41) is 14.7. The van der Waals surface area contributed by atoms with E-state index in [1.165, 1.54) is 11.0 Å². The average Bonchev–Trinajstić information content (AvgIpc) is 3.55. The Morgan fingerprint density at radius 1 is 1.05 bits per heavy atom. The van der Waals surface area contributed by atoms with E-state index in [0.717, 1.165) is 60.1 Å². The molecule has 0 spiro atoms. The largest absolute Gasteiger partial charge is 0.336 e. The fraction of sp³-hybridized carbons (Fsp3) is 0.433. The van der Waals surface area contributed by atoms with E-state index < -0.39 is 0 Å². The molecule has 0 atom stereocenters. The number of hydrogen-bond donors (Lipinski definition) is 1. The number of tetrazole rings is 1. The van der Waals surface area contributed by atoms with Crippen LogP contribution >= 0.6 is 11.6 Å². The van der Waals surface area contributed by atoms with Gasteiger partial charge < -0.3 is 0 Å². The summed E-state index contributed by atoms with van der Waals surface area (Å²) in [6, 6.07) is 16.0. The SMILES string of the molecule is CC(C)CCc1c(Cl)n(C(=O)CC2CCCCC2)c(=O)n1Cc1ccc(-c2ccccc2-c2nn[nH]n2)cc1. The van der Waals surface area contributed by atoms with Crippen molar-refractivity contribution in [2.45, 2.75) is 71.8 Å². The first-order valence-corrected chi connectivity index (χ1v) is 14.3. The van der Waals surface area contributed by atoms with Gasteiger partial charge in [0, 0.05) is 12.0 Å². The minimum absolute atomic E-state index is 0.185. The second-order valence-corrected chi connectivity index (χ2v) is 11.3. The number of aromatic amines is 1. The van der Waals surface area contributed by atoms with Gasteiger partial charge in [0.2, 0.25) is 11.7 Å². The number of nitrogens with one attached hydrogen (secondary N) is 1. The Balaban J connectivity index is 1.43. The summed E-state index contributed by atoms with van der Waals surface area (Å²) in [7, 11) is 0. The topological polar surface area (TPSA) is 98.5 Å². The van der Waals surface area contributed by atoms with Crippen molar-refractivity contribution in [1.29, 1.82) is 0 Å². The Hall–Kier alpha value is -3.52. The van der Waals surface area contributed by atoms with Crippen LogP contribution in [0.1, 0.15) is 74.8 Å². The molecule has 2 heterocycles. The zero-order valence-electron chi connectivity index (χ0n) is 22.6. The van der Waals surface area contributed by atoms with E-state index in [-0.39, 0.29) is 16.8 Å². The van der Waals surface area contributed by atoms with Gasteiger partial charge in [-0.15, -0.1) is 10.2 Å². The van der Waals surface area contributed by atoms with Crippen molar-refractivity contribution in [3.8, 4) is 22.5 Å². The summed E-state index contributed by atoms with van der Waals surface area (Å²) in [6.45, 7) is 4.64. The molecule has 2 aromatic heterocycles. The van der Waals surface area contributed by atoms with Gasteiger partial charge in [-0.3, -0.25) is 9.36 Å². The van der Waals surface area contributed by atoms with E-state index in [9.17, 15) is 9.59 Å². The van der Waals surface area contributed by atoms with Gasteiger partial charge in [0.05, 0.1) is 12.2 Å². The van der Waals surface area contributed by atoms with Crippen LogP contribution in [0.3, 0.4) is 0 Å². The Labute approximate surface area is 233 Å². The van der Waals surface area contributed by atoms with Gasteiger partial charge in [-0.2, -0.15) is 5.21 Å². The van der Waals surface area contributed by atoms with Crippen LogP contribution < -0.4 is 5.69 Å². The highest BCUT2D eigenvalue weighted by molar-refractivity contribution is 6.31. The van der Waals surface area contributed by atoms with Crippen molar-refractivity contribution in [1.82, 2.24) is 29.8 Å². The van der Waals surface area contributed by atoms with Gasteiger partial charge in [-0.05, 0) is 59.4 Å². The normalized spacial score (nSPS) is 14.3. The van der Waals surface area contributed by atoms with Gasteiger partial charge in [-0.25, -0.2) is 9.36 Å². The Bertz CT molecular complexity index is 1460. The lowest BCUT2D eigenvalue weighted by Crippen LogP contribution is -2.31. The van der Waals surface area contributed by atoms with Gasteiger partial charge in [0.1, 0.15) is 5.15 Å². The lowest BCUT2D eigenvalue weighted by molar-refractivity contribution is 0.0863. The molecule has 39 heavy (non-hydrogen) atoms. The molecule has 1 saturated carbocycles. The van der Waals surface area contributed by atoms with E-state index in [1.807, 2.05) is 48.5 Å². The molecule has 0 aliphatic heterocycles. The summed E-state index contributed by atoms with van der Waals surface area (Å²) in [4.78, 5) is 26.9. The number of benzene rings is 2. The van der Waals surface area contributed by atoms with Crippen LogP contribution in [0.25, 0.3) is 22.5 Å². The number of rotatable bonds is 9. The fourth-order valence-electron chi connectivity index (χ4n) is 5.51. The lowest BCUT2D eigenvalue weighted by atomic mass is 9.87. The minimum Gasteiger partial charge on any atom is -0.290 e. The molecule has 0 radical (unpaired) electrons. The molecule has 8 nitrogen and oxygen atoms in total. The standard InChI is InChI=1S/C30H35ClN6O2/c1-20(2)12-17-26-28(31)37(27(38)18-21-8-4-3-5-9-21)30(39)36(26)19-22-13-15-23(16-14-22)24-10-6-7-11-25(24)29-32-34-35-33-29/h6-7,10-11,13-16,20-21H,3-5,8-9,12,17-19H2,1-2H3,(H,32,33,34,35). The van der Waals surface area contributed by atoms with Crippen molar-refractivity contribution in [2.75, 3.05) is 0 Å². The molecular weight excluding hydrogens is 512 g/mol. The molecule has 1 N–H and O–H groups in total. The van der Waals surface area contributed by atoms with Gasteiger partial charge in [0.15, 0.2) is 0 Å². The van der Waals surface area contributed by atoms with Crippen molar-refractivity contribution >= 4 is 17.5 Å². The summed E-state index contributed by atoms with van der Waals surface area (Å²) >= 11 is 6.77. The van der Waals surface area contributed by atoms with E-state index in [4.69, 9.17) is 11.6 Å². The van der Waals surface area contributed by atoms with Crippen molar-refractivity contribution in [3.63, 3.8) is 0 Å². The summed E-state index contributed by atoms with van der Waals surface area (Å²) in [6.07, 6.45) is 7.51. The zero-order chi connectivity index (χ0) is 27.4. The molecule has 1 aliphatic carbocycles. The molecule has 0 bridgehead atoms. The Morgan fingerprint density at radius 2 is 1.77 bits per heavy atom. The highest BCUT2D eigenvalue weighted by Crippen LogP contribution is 2.31. The van der Waals surface area contributed by atoms with Crippen LogP contribution in [0.2, 0.25) is 5.15 Å². The van der Waals surface area contributed by atoms with Gasteiger partial charge >= 0.3 is 5.69 Å². The number of carbonyl (C=O) groups is 1. The molecule has 9 heteroatoms. The maximum Gasteiger partial charge on any atom is 0.336 e. The Morgan fingerprint density at radius 3 is 2.44 bits per heavy atom. The molecule has 4 aromatic rings. The van der Waals surface area contributed by atoms with Crippen LogP contribution in [-0.4, -0.2) is 35.7 Å². The molecule has 0 unspecified atom stereocenters. The predicted molar refractivity (Wildman–Crippen MR) is 153 cm³/mol. The molecule has 5 rings (SSSR count). The number of halogens is 1. The highest BCUT2D eigenvalue weighted by Gasteiger charge is 2.26. The summed E-state index contributed by atoms with van der Waals surface area (Å²) < 4.78 is 2.91. The number of imidazole rings is 1. The molecule has 1 aliphatic rings. The molecule has 0 amide bonds. The minimum atomic E-state index is -0.342. The quantitative estimate of drug-likeness (QED) is 0.262. The van der Waals surface area contributed by atoms with E-state index in [1.54, 1.807) is 4.57 Å². The predicted octanol–water partition coefficient (Wildman–Crippen LogP) is 6.40. The van der Waals surface area contributed by atoms with Crippen molar-refractivity contribution in [2.24, 2.45) is 11.8 Å². The van der Waals surface area contributed by atoms with Gasteiger partial charge in [0.25, 0.3) is 0 Å². The van der Waals surface area contributed by atoms with Crippen molar-refractivity contribution < 1.29 is 4.79 Å². The number of nitrogens with zero attached hydrogens (tertiary/aromatic N) is 5. The summed E-state index contributed by atoms with van der Waals surface area (Å²) in [5.41, 5.74) is 4.22. The van der Waals surface area contributed by atoms with Crippen LogP contribution in [0.4, 0.5) is 0 Å². The maximum absolute atomic E-state index is 13.6. The Kier molecular flexibility index (Phi) is 8.41. The number of aromatic nitrogens is 6. The first kappa shape index (κ1) is 27.1. The third kappa shape index (κ3) is 6.06. The van der Waals surface area contributed by atoms with Crippen molar-refractivity contribution in [3.05, 3.63) is 75.4 Å². The van der Waals surface area contributed by atoms with Crippen LogP contribution in [0.15, 0.2) is 53.3 Å². The molecule has 0 saturated heterocycles. The number of H-pyrrole nitrogens is 1. The highest BCUT2D eigenvalue weighted by atomic mass is 35.5. The van der Waals surface area contributed by atoms with Gasteiger partial charge in [-0.1, -0.05) is 93.2 Å². The smallest absolute Gasteiger partial charge is 0.290 e. The summed E-state index contributed by atoms with van der Waals surface area (Å²) in [5.74, 6) is 1.13. The molecule has 2 aromatic carbocycles. The second-order valence-electron chi connectivity index (χ2n) is 11.0. The van der Waals surface area contributed by atoms with E-state index in [2.05, 4.69) is 34.5 Å². The van der Waals surface area contributed by atoms with E-state index >= 15 is 0 Å². The molecule has 204 valence electrons. The maximum atomic E-state index is 13.6. The number of hydrogen-bond acceptors (Lipinski definition) is 5. The monoisotopic (exact) mass is 546 g/mol. The average molecular weight is 547 g/mol. The van der Waals surface area contributed by atoms with Crippen LogP contribution in [-0.2, 0) is 13.0 Å². The van der Waals surface area contributed by atoms with E-state index in [0.29, 0.717) is 37.0 Å². The molecular formula is C30H35ClN6O2. The first-order valence-electron chi connectivity index (χ1n) is 13.9. The first-order chi connectivity index (χ1) is 18.9. The third-order valence-electron chi connectivity index (χ3n) is 7.70. The zero-order valence-corrected chi connectivity index (χ0v) is 23.3. The second kappa shape index (κ2) is 12.1. The number of carbonyl (C=O) groups excluding carboxylic acids is 1. The lowest BCUT2D eigenvalue weighted by Gasteiger charge is -2.20.